The molecule has 0 unspecified atom stereocenters. The Morgan fingerprint density at radius 1 is 0.788 bits per heavy atom. The third kappa shape index (κ3) is 7.43. The van der Waals surface area contributed by atoms with Gasteiger partial charge in [0.1, 0.15) is 6.54 Å². The van der Waals surface area contributed by atoms with Crippen LogP contribution in [0.2, 0.25) is 0 Å². The zero-order chi connectivity index (χ0) is 24.6. The number of nitrogens with one attached hydrogen (secondary N) is 4. The highest BCUT2D eigenvalue weighted by Gasteiger charge is 2.19. The number of fused-ring (bicyclic) bond motifs is 1. The van der Waals surface area contributed by atoms with Crippen LogP contribution >= 0.6 is 0 Å². The number of nitrogens with zero attached hydrogens (tertiary/aromatic N) is 1. The monoisotopic (exact) mass is 479 g/mol. The molecule has 0 spiro atoms. The van der Waals surface area contributed by atoms with Crippen LogP contribution in [-0.4, -0.2) is 77.5 Å². The summed E-state index contributed by atoms with van der Waals surface area (Å²) in [5.74, 6) is -3.40. The van der Waals surface area contributed by atoms with Crippen molar-refractivity contribution in [1.29, 1.82) is 0 Å². The van der Waals surface area contributed by atoms with Crippen LogP contribution in [0.5, 0.6) is 0 Å². The van der Waals surface area contributed by atoms with Gasteiger partial charge in [-0.3, -0.25) is 19.2 Å². The van der Waals surface area contributed by atoms with Crippen molar-refractivity contribution in [1.82, 2.24) is 20.7 Å². The molecule has 0 aliphatic heterocycles. The fraction of sp³-hybridized carbons (Fsp3) is 0.300. The lowest BCUT2D eigenvalue weighted by Gasteiger charge is -2.17. The van der Waals surface area contributed by atoms with Crippen LogP contribution in [0.1, 0.15) is 0 Å². The molecular formula is C20H25N5O7S. The van der Waals surface area contributed by atoms with Crippen LogP contribution < -0.4 is 25.6 Å². The first-order chi connectivity index (χ1) is 15.5. The molecule has 0 bridgehead atoms. The van der Waals surface area contributed by atoms with Crippen molar-refractivity contribution >= 4 is 50.2 Å². The quantitative estimate of drug-likeness (QED) is 0.262. The number of amides is 3. The summed E-state index contributed by atoms with van der Waals surface area (Å²) in [5, 5.41) is 16.2. The molecule has 2 rings (SSSR count). The Morgan fingerprint density at radius 3 is 1.88 bits per heavy atom. The molecule has 2 aromatic rings. The summed E-state index contributed by atoms with van der Waals surface area (Å²) in [4.78, 5) is 47.2. The molecule has 5 N–H and O–H groups in total. The van der Waals surface area contributed by atoms with Crippen molar-refractivity contribution in [2.45, 2.75) is 4.90 Å². The van der Waals surface area contributed by atoms with Gasteiger partial charge in [0.25, 0.3) is 0 Å². The molecule has 178 valence electrons. The standard InChI is InChI=1S/C20H25N5O7S/c1-25(2)15-7-3-6-14-13(15)5-4-8-16(14)33(31,32)24-11-19(28)22-9-17(26)21-10-18(27)23-12-20(29)30/h3-8,24H,9-12H2,1-2H3,(H,21,26)(H,22,28)(H,23,27)(H,29,30). The summed E-state index contributed by atoms with van der Waals surface area (Å²) < 4.78 is 27.8. The molecular weight excluding hydrogens is 454 g/mol. The van der Waals surface area contributed by atoms with E-state index >= 15 is 0 Å². The van der Waals surface area contributed by atoms with Crippen LogP contribution in [0, 0.1) is 0 Å². The first-order valence-corrected chi connectivity index (χ1v) is 11.2. The van der Waals surface area contributed by atoms with E-state index in [0.717, 1.165) is 11.1 Å². The number of aliphatic carboxylic acids is 1. The molecule has 0 heterocycles. The zero-order valence-corrected chi connectivity index (χ0v) is 18.9. The van der Waals surface area contributed by atoms with Gasteiger partial charge in [0.05, 0.1) is 24.5 Å². The zero-order valence-electron chi connectivity index (χ0n) is 18.0. The van der Waals surface area contributed by atoms with Gasteiger partial charge in [0.15, 0.2) is 0 Å². The fourth-order valence-corrected chi connectivity index (χ4v) is 4.05. The molecule has 0 aromatic heterocycles. The Hall–Kier alpha value is -3.71. The van der Waals surface area contributed by atoms with Crippen molar-refractivity contribution in [3.05, 3.63) is 36.4 Å². The highest BCUT2D eigenvalue weighted by atomic mass is 32.2. The Kier molecular flexibility index (Phi) is 8.70. The van der Waals surface area contributed by atoms with Gasteiger partial charge in [0.2, 0.25) is 27.7 Å². The molecule has 0 aliphatic rings. The molecule has 13 heteroatoms. The van der Waals surface area contributed by atoms with Crippen LogP contribution in [0.3, 0.4) is 0 Å². The molecule has 0 radical (unpaired) electrons. The second-order valence-corrected chi connectivity index (χ2v) is 8.81. The number of carbonyl (C=O) groups excluding carboxylic acids is 3. The molecule has 12 nitrogen and oxygen atoms in total. The number of carbonyl (C=O) groups is 4. The smallest absolute Gasteiger partial charge is 0.322 e. The minimum Gasteiger partial charge on any atom is -0.480 e. The van der Waals surface area contributed by atoms with Gasteiger partial charge >= 0.3 is 5.97 Å². The number of hydrogen-bond acceptors (Lipinski definition) is 7. The number of hydrogen-bond donors (Lipinski definition) is 5. The molecule has 33 heavy (non-hydrogen) atoms. The lowest BCUT2D eigenvalue weighted by molar-refractivity contribution is -0.137. The van der Waals surface area contributed by atoms with Gasteiger partial charge in [-0.05, 0) is 12.1 Å². The maximum absolute atomic E-state index is 12.8. The normalized spacial score (nSPS) is 11.0. The Bertz CT molecular complexity index is 1160. The summed E-state index contributed by atoms with van der Waals surface area (Å²) in [7, 11) is -0.340. The SMILES string of the molecule is CN(C)c1cccc2c(S(=O)(=O)NCC(=O)NCC(=O)NCC(=O)NCC(=O)O)cccc12. The lowest BCUT2D eigenvalue weighted by atomic mass is 10.1. The highest BCUT2D eigenvalue weighted by molar-refractivity contribution is 7.89. The molecule has 0 saturated carbocycles. The van der Waals surface area contributed by atoms with E-state index in [-0.39, 0.29) is 4.90 Å². The minimum atomic E-state index is -4.03. The van der Waals surface area contributed by atoms with Gasteiger partial charge in [0, 0.05) is 30.6 Å². The van der Waals surface area contributed by atoms with Crippen molar-refractivity contribution in [3.8, 4) is 0 Å². The third-order valence-corrected chi connectivity index (χ3v) is 5.84. The topological polar surface area (TPSA) is 174 Å². The third-order valence-electron chi connectivity index (χ3n) is 4.38. The van der Waals surface area contributed by atoms with E-state index in [1.54, 1.807) is 24.3 Å². The number of rotatable bonds is 11. The van der Waals surface area contributed by atoms with E-state index in [4.69, 9.17) is 5.11 Å². The van der Waals surface area contributed by atoms with Gasteiger partial charge in [-0.2, -0.15) is 0 Å². The van der Waals surface area contributed by atoms with Crippen LogP contribution in [-0.2, 0) is 29.2 Å². The maximum atomic E-state index is 12.8. The predicted molar refractivity (Wildman–Crippen MR) is 120 cm³/mol. The molecule has 3 amide bonds. The maximum Gasteiger partial charge on any atom is 0.322 e. The summed E-state index contributed by atoms with van der Waals surface area (Å²) in [6.45, 7) is -2.14. The van der Waals surface area contributed by atoms with Crippen LogP contribution in [0.15, 0.2) is 41.3 Å². The fourth-order valence-electron chi connectivity index (χ4n) is 2.85. The average Bonchev–Trinajstić information content (AvgIpc) is 2.77. The number of carboxylic acid groups (broad SMARTS) is 1. The van der Waals surface area contributed by atoms with Crippen molar-refractivity contribution in [3.63, 3.8) is 0 Å². The Labute approximate surface area is 190 Å². The molecule has 0 aliphatic carbocycles. The average molecular weight is 480 g/mol. The van der Waals surface area contributed by atoms with Crippen LogP contribution in [0.25, 0.3) is 10.8 Å². The molecule has 2 aromatic carbocycles. The summed E-state index contributed by atoms with van der Waals surface area (Å²) in [6, 6.07) is 10.1. The molecule has 0 atom stereocenters. The van der Waals surface area contributed by atoms with Crippen LogP contribution in [0.4, 0.5) is 5.69 Å². The molecule has 0 saturated heterocycles. The largest absolute Gasteiger partial charge is 0.480 e. The van der Waals surface area contributed by atoms with E-state index in [9.17, 15) is 27.6 Å². The summed E-state index contributed by atoms with van der Waals surface area (Å²) in [6.07, 6.45) is 0. The summed E-state index contributed by atoms with van der Waals surface area (Å²) >= 11 is 0. The summed E-state index contributed by atoms with van der Waals surface area (Å²) in [5.41, 5.74) is 0.838. The highest BCUT2D eigenvalue weighted by Crippen LogP contribution is 2.29. The van der Waals surface area contributed by atoms with Gasteiger partial charge in [-0.1, -0.05) is 24.3 Å². The Morgan fingerprint density at radius 2 is 1.30 bits per heavy atom. The van der Waals surface area contributed by atoms with E-state index in [1.807, 2.05) is 25.1 Å². The van der Waals surface area contributed by atoms with E-state index in [2.05, 4.69) is 20.7 Å². The predicted octanol–water partition coefficient (Wildman–Crippen LogP) is -1.38. The van der Waals surface area contributed by atoms with E-state index in [1.165, 1.54) is 6.07 Å². The number of sulfonamides is 1. The van der Waals surface area contributed by atoms with E-state index in [0.29, 0.717) is 5.39 Å². The first-order valence-electron chi connectivity index (χ1n) is 9.72. The van der Waals surface area contributed by atoms with Crippen molar-refractivity contribution in [2.24, 2.45) is 0 Å². The second-order valence-electron chi connectivity index (χ2n) is 7.07. The van der Waals surface area contributed by atoms with Gasteiger partial charge in [-0.25, -0.2) is 13.1 Å². The Balaban J connectivity index is 1.91. The molecule has 0 fully saturated rings. The van der Waals surface area contributed by atoms with Gasteiger partial charge < -0.3 is 26.0 Å². The number of anilines is 1. The first kappa shape index (κ1) is 25.5. The van der Waals surface area contributed by atoms with Gasteiger partial charge in [-0.15, -0.1) is 0 Å². The minimum absolute atomic E-state index is 0.0154. The van der Waals surface area contributed by atoms with E-state index < -0.39 is 59.9 Å². The number of carboxylic acids is 1. The second kappa shape index (κ2) is 11.2. The number of benzene rings is 2. The lowest BCUT2D eigenvalue weighted by Crippen LogP contribution is -2.44. The van der Waals surface area contributed by atoms with Crippen molar-refractivity contribution in [2.75, 3.05) is 45.2 Å². The van der Waals surface area contributed by atoms with Crippen molar-refractivity contribution < 1.29 is 32.7 Å².